The summed E-state index contributed by atoms with van der Waals surface area (Å²) >= 11 is 6.11. The summed E-state index contributed by atoms with van der Waals surface area (Å²) < 4.78 is 0. The van der Waals surface area contributed by atoms with Crippen molar-refractivity contribution < 1.29 is 9.90 Å². The van der Waals surface area contributed by atoms with Gasteiger partial charge in [-0.05, 0) is 17.9 Å². The molecule has 3 rings (SSSR count). The summed E-state index contributed by atoms with van der Waals surface area (Å²) in [6.07, 6.45) is 0.187. The van der Waals surface area contributed by atoms with Gasteiger partial charge in [-0.25, -0.2) is 4.98 Å². The number of nitrogens with zero attached hydrogens (tertiary/aromatic N) is 2. The number of fused-ring (bicyclic) bond motifs is 1. The maximum atomic E-state index is 12.3. The fourth-order valence-corrected chi connectivity index (χ4v) is 2.62. The van der Waals surface area contributed by atoms with Gasteiger partial charge in [-0.1, -0.05) is 35.9 Å². The molecule has 0 bridgehead atoms. The number of halogens is 1. The molecule has 5 heteroatoms. The number of likely N-dealkylation sites (tertiary alicyclic amines) is 1. The maximum Gasteiger partial charge on any atom is 0.272 e. The largest absolute Gasteiger partial charge is 0.391 e. The minimum atomic E-state index is -0.431. The molecule has 1 aromatic carbocycles. The van der Waals surface area contributed by atoms with Crippen molar-refractivity contribution in [1.82, 2.24) is 9.88 Å². The Kier molecular flexibility index (Phi) is 3.12. The first-order chi connectivity index (χ1) is 9.15. The lowest BCUT2D eigenvalue weighted by Crippen LogP contribution is -2.30. The van der Waals surface area contributed by atoms with E-state index in [-0.39, 0.29) is 5.91 Å². The van der Waals surface area contributed by atoms with Gasteiger partial charge in [0, 0.05) is 18.5 Å². The Balaban J connectivity index is 1.99. The fraction of sp³-hybridized carbons (Fsp3) is 0.286. The van der Waals surface area contributed by atoms with Crippen molar-refractivity contribution >= 4 is 28.3 Å². The summed E-state index contributed by atoms with van der Waals surface area (Å²) in [5.41, 5.74) is 0.331. The second-order valence-electron chi connectivity index (χ2n) is 4.71. The van der Waals surface area contributed by atoms with Crippen molar-refractivity contribution in [3.05, 3.63) is 41.2 Å². The molecular weight excluding hydrogens is 264 g/mol. The number of hydrogen-bond acceptors (Lipinski definition) is 3. The summed E-state index contributed by atoms with van der Waals surface area (Å²) in [7, 11) is 0. The van der Waals surface area contributed by atoms with E-state index in [0.717, 1.165) is 10.8 Å². The van der Waals surface area contributed by atoms with E-state index >= 15 is 0 Å². The molecule has 19 heavy (non-hydrogen) atoms. The molecule has 1 saturated heterocycles. The minimum Gasteiger partial charge on any atom is -0.391 e. The van der Waals surface area contributed by atoms with Gasteiger partial charge in [-0.3, -0.25) is 4.79 Å². The smallest absolute Gasteiger partial charge is 0.272 e. The number of aliphatic hydroxyl groups excluding tert-OH is 1. The highest BCUT2D eigenvalue weighted by molar-refractivity contribution is 6.34. The zero-order valence-electron chi connectivity index (χ0n) is 10.2. The highest BCUT2D eigenvalue weighted by Crippen LogP contribution is 2.23. The highest BCUT2D eigenvalue weighted by Gasteiger charge is 2.26. The van der Waals surface area contributed by atoms with Crippen LogP contribution >= 0.6 is 11.6 Å². The number of β-amino-alcohol motifs (C(OH)–C–C–N with tert-alkyl or cyclic N) is 1. The Morgan fingerprint density at radius 1 is 1.42 bits per heavy atom. The molecule has 0 radical (unpaired) electrons. The van der Waals surface area contributed by atoms with Crippen molar-refractivity contribution in [1.29, 1.82) is 0 Å². The van der Waals surface area contributed by atoms with Crippen LogP contribution in [0.15, 0.2) is 30.3 Å². The number of amides is 1. The van der Waals surface area contributed by atoms with Crippen LogP contribution in [0.4, 0.5) is 0 Å². The zero-order valence-corrected chi connectivity index (χ0v) is 11.0. The van der Waals surface area contributed by atoms with Crippen molar-refractivity contribution in [3.63, 3.8) is 0 Å². The number of aromatic nitrogens is 1. The van der Waals surface area contributed by atoms with E-state index in [1.54, 1.807) is 11.0 Å². The van der Waals surface area contributed by atoms with Crippen LogP contribution in [0, 0.1) is 0 Å². The van der Waals surface area contributed by atoms with Crippen LogP contribution in [0.3, 0.4) is 0 Å². The van der Waals surface area contributed by atoms with Gasteiger partial charge in [0.1, 0.15) is 10.8 Å². The van der Waals surface area contributed by atoms with E-state index < -0.39 is 6.10 Å². The number of rotatable bonds is 1. The van der Waals surface area contributed by atoms with Gasteiger partial charge in [0.25, 0.3) is 5.91 Å². The lowest BCUT2D eigenvalue weighted by atomic mass is 10.1. The summed E-state index contributed by atoms with van der Waals surface area (Å²) in [4.78, 5) is 18.1. The van der Waals surface area contributed by atoms with Gasteiger partial charge in [0.15, 0.2) is 0 Å². The second-order valence-corrected chi connectivity index (χ2v) is 5.07. The Hall–Kier alpha value is -1.65. The number of hydrogen-bond donors (Lipinski definition) is 1. The minimum absolute atomic E-state index is 0.177. The molecule has 1 N–H and O–H groups in total. The van der Waals surface area contributed by atoms with Gasteiger partial charge in [0.05, 0.1) is 6.10 Å². The fourth-order valence-electron chi connectivity index (χ4n) is 2.35. The lowest BCUT2D eigenvalue weighted by molar-refractivity contribution is 0.0759. The summed E-state index contributed by atoms with van der Waals surface area (Å²) in [6.45, 7) is 0.928. The molecule has 0 spiro atoms. The SMILES string of the molecule is O=C(c1cc2ccccc2c(Cl)n1)N1CC[C@H](O)C1. The van der Waals surface area contributed by atoms with E-state index in [1.807, 2.05) is 24.3 Å². The lowest BCUT2D eigenvalue weighted by Gasteiger charge is -2.15. The van der Waals surface area contributed by atoms with E-state index in [2.05, 4.69) is 4.98 Å². The molecule has 4 nitrogen and oxygen atoms in total. The van der Waals surface area contributed by atoms with Crippen molar-refractivity contribution in [2.24, 2.45) is 0 Å². The average molecular weight is 277 g/mol. The van der Waals surface area contributed by atoms with Crippen LogP contribution in [0.1, 0.15) is 16.9 Å². The van der Waals surface area contributed by atoms with E-state index in [9.17, 15) is 9.90 Å². The molecule has 0 aliphatic carbocycles. The first-order valence-electron chi connectivity index (χ1n) is 6.18. The maximum absolute atomic E-state index is 12.3. The third-order valence-corrected chi connectivity index (χ3v) is 3.65. The Morgan fingerprint density at radius 2 is 2.21 bits per heavy atom. The average Bonchev–Trinajstić information content (AvgIpc) is 2.84. The quantitative estimate of drug-likeness (QED) is 0.812. The van der Waals surface area contributed by atoms with Crippen molar-refractivity contribution in [2.75, 3.05) is 13.1 Å². The molecule has 1 amide bonds. The molecule has 0 saturated carbocycles. The van der Waals surface area contributed by atoms with Gasteiger partial charge >= 0.3 is 0 Å². The predicted molar refractivity (Wildman–Crippen MR) is 73.3 cm³/mol. The molecule has 0 unspecified atom stereocenters. The van der Waals surface area contributed by atoms with Gasteiger partial charge in [-0.2, -0.15) is 0 Å². The molecule has 1 fully saturated rings. The van der Waals surface area contributed by atoms with Gasteiger partial charge < -0.3 is 10.0 Å². The van der Waals surface area contributed by atoms with Crippen molar-refractivity contribution in [2.45, 2.75) is 12.5 Å². The molecule has 1 aliphatic rings. The van der Waals surface area contributed by atoms with Gasteiger partial charge in [-0.15, -0.1) is 0 Å². The predicted octanol–water partition coefficient (Wildman–Crippen LogP) is 2.09. The highest BCUT2D eigenvalue weighted by atomic mass is 35.5. The molecule has 98 valence electrons. The number of pyridine rings is 1. The zero-order chi connectivity index (χ0) is 13.4. The van der Waals surface area contributed by atoms with E-state index in [4.69, 9.17) is 11.6 Å². The first kappa shape index (κ1) is 12.4. The number of carbonyl (C=O) groups excluding carboxylic acids is 1. The normalized spacial score (nSPS) is 19.1. The monoisotopic (exact) mass is 276 g/mol. The molecular formula is C14H13ClN2O2. The van der Waals surface area contributed by atoms with Crippen LogP contribution in [-0.2, 0) is 0 Å². The van der Waals surface area contributed by atoms with Gasteiger partial charge in [0.2, 0.25) is 0 Å². The molecule has 1 aromatic heterocycles. The number of carbonyl (C=O) groups is 1. The van der Waals surface area contributed by atoms with Crippen molar-refractivity contribution in [3.8, 4) is 0 Å². The van der Waals surface area contributed by atoms with Crippen LogP contribution in [0.2, 0.25) is 5.15 Å². The Labute approximate surface area is 115 Å². The van der Waals surface area contributed by atoms with Crippen LogP contribution in [-0.4, -0.2) is 40.1 Å². The third-order valence-electron chi connectivity index (χ3n) is 3.36. The number of aliphatic hydroxyl groups is 1. The van der Waals surface area contributed by atoms with Crippen LogP contribution in [0.5, 0.6) is 0 Å². The Morgan fingerprint density at radius 3 is 2.95 bits per heavy atom. The van der Waals surface area contributed by atoms with Crippen LogP contribution < -0.4 is 0 Å². The van der Waals surface area contributed by atoms with E-state index in [1.165, 1.54) is 0 Å². The molecule has 2 heterocycles. The summed E-state index contributed by atoms with van der Waals surface area (Å²) in [6, 6.07) is 9.30. The Bertz CT molecular complexity index is 644. The van der Waals surface area contributed by atoms with E-state index in [0.29, 0.717) is 30.4 Å². The topological polar surface area (TPSA) is 53.4 Å². The molecule has 2 aromatic rings. The first-order valence-corrected chi connectivity index (χ1v) is 6.55. The third kappa shape index (κ3) is 2.29. The number of benzene rings is 1. The summed E-state index contributed by atoms with van der Waals surface area (Å²) in [5.74, 6) is -0.177. The standard InChI is InChI=1S/C14H13ClN2O2/c15-13-11-4-2-1-3-9(11)7-12(16-13)14(19)17-6-5-10(18)8-17/h1-4,7,10,18H,5-6,8H2/t10-/m0/s1. The second kappa shape index (κ2) is 4.79. The summed E-state index contributed by atoms with van der Waals surface area (Å²) in [5, 5.41) is 11.5. The molecule has 1 atom stereocenters. The van der Waals surface area contributed by atoms with Crippen LogP contribution in [0.25, 0.3) is 10.8 Å². The molecule has 1 aliphatic heterocycles.